The van der Waals surface area contributed by atoms with Gasteiger partial charge in [0.25, 0.3) is 0 Å². The number of likely N-dealkylation sites (N-methyl/N-ethyl adjacent to an activating group) is 1. The van der Waals surface area contributed by atoms with E-state index in [1.165, 1.54) is 17.5 Å². The first-order valence-electron chi connectivity index (χ1n) is 10.0. The topological polar surface area (TPSA) is 48.9 Å². The third-order valence-electron chi connectivity index (χ3n) is 5.22. The molecule has 2 N–H and O–H groups in total. The van der Waals surface area contributed by atoms with E-state index in [1.807, 2.05) is 7.05 Å². The molecule has 2 rings (SSSR count). The van der Waals surface area contributed by atoms with E-state index in [2.05, 4.69) is 65.6 Å². The van der Waals surface area contributed by atoms with Crippen LogP contribution in [0.15, 0.2) is 29.3 Å². The van der Waals surface area contributed by atoms with Gasteiger partial charge in [0, 0.05) is 39.2 Å². The fraction of sp³-hybridized carbons (Fsp3) is 0.667. The molecule has 1 aliphatic heterocycles. The van der Waals surface area contributed by atoms with E-state index in [9.17, 15) is 0 Å². The highest BCUT2D eigenvalue weighted by Gasteiger charge is 2.27. The van der Waals surface area contributed by atoms with Crippen LogP contribution in [0.5, 0.6) is 0 Å². The summed E-state index contributed by atoms with van der Waals surface area (Å²) in [7, 11) is 1.83. The first-order chi connectivity index (χ1) is 12.7. The van der Waals surface area contributed by atoms with E-state index in [1.54, 1.807) is 0 Å². The average molecular weight is 361 g/mol. The van der Waals surface area contributed by atoms with Crippen LogP contribution in [-0.4, -0.2) is 57.2 Å². The molecule has 2 atom stereocenters. The molecule has 5 heteroatoms. The predicted molar refractivity (Wildman–Crippen MR) is 110 cm³/mol. The van der Waals surface area contributed by atoms with Crippen molar-refractivity contribution in [2.45, 2.75) is 39.7 Å². The van der Waals surface area contributed by atoms with Gasteiger partial charge in [-0.15, -0.1) is 0 Å². The van der Waals surface area contributed by atoms with Crippen LogP contribution >= 0.6 is 0 Å². The number of benzene rings is 1. The molecule has 1 aromatic carbocycles. The van der Waals surface area contributed by atoms with E-state index >= 15 is 0 Å². The Kier molecular flexibility index (Phi) is 8.92. The van der Waals surface area contributed by atoms with E-state index in [4.69, 9.17) is 4.74 Å². The van der Waals surface area contributed by atoms with Crippen LogP contribution in [0.25, 0.3) is 0 Å². The predicted octanol–water partition coefficient (Wildman–Crippen LogP) is 2.97. The quantitative estimate of drug-likeness (QED) is 0.553. The van der Waals surface area contributed by atoms with Gasteiger partial charge >= 0.3 is 0 Å². The minimum absolute atomic E-state index is 0.172. The van der Waals surface area contributed by atoms with Crippen LogP contribution in [0.2, 0.25) is 0 Å². The van der Waals surface area contributed by atoms with Gasteiger partial charge in [0.15, 0.2) is 5.96 Å². The molecule has 0 aromatic heterocycles. The van der Waals surface area contributed by atoms with Gasteiger partial charge in [-0.25, -0.2) is 0 Å². The number of guanidine groups is 1. The summed E-state index contributed by atoms with van der Waals surface area (Å²) >= 11 is 0. The lowest BCUT2D eigenvalue weighted by Crippen LogP contribution is -2.44. The smallest absolute Gasteiger partial charge is 0.191 e. The summed E-state index contributed by atoms with van der Waals surface area (Å²) < 4.78 is 6.12. The van der Waals surface area contributed by atoms with Gasteiger partial charge in [-0.05, 0) is 38.4 Å². The van der Waals surface area contributed by atoms with Crippen LogP contribution in [0.3, 0.4) is 0 Å². The minimum atomic E-state index is 0.172. The molecule has 1 fully saturated rings. The lowest BCUT2D eigenvalue weighted by molar-refractivity contribution is -0.0265. The summed E-state index contributed by atoms with van der Waals surface area (Å²) in [6.07, 6.45) is 2.48. The zero-order chi connectivity index (χ0) is 18.8. The van der Waals surface area contributed by atoms with Crippen molar-refractivity contribution in [3.05, 3.63) is 35.4 Å². The van der Waals surface area contributed by atoms with Crippen molar-refractivity contribution < 1.29 is 4.74 Å². The Hall–Kier alpha value is -1.59. The number of nitrogens with zero attached hydrogens (tertiary/aromatic N) is 2. The van der Waals surface area contributed by atoms with Crippen molar-refractivity contribution in [1.82, 2.24) is 15.5 Å². The lowest BCUT2D eigenvalue weighted by atomic mass is 9.89. The van der Waals surface area contributed by atoms with Gasteiger partial charge in [0.1, 0.15) is 0 Å². The largest absolute Gasteiger partial charge is 0.373 e. The molecular formula is C21H36N4O. The molecule has 1 aliphatic rings. The summed E-state index contributed by atoms with van der Waals surface area (Å²) in [6, 6.07) is 8.75. The van der Waals surface area contributed by atoms with Crippen molar-refractivity contribution >= 4 is 5.96 Å². The molecule has 5 nitrogen and oxygen atoms in total. The highest BCUT2D eigenvalue weighted by molar-refractivity contribution is 5.79. The van der Waals surface area contributed by atoms with E-state index in [0.29, 0.717) is 5.92 Å². The van der Waals surface area contributed by atoms with Gasteiger partial charge in [-0.3, -0.25) is 4.99 Å². The Morgan fingerprint density at radius 2 is 1.92 bits per heavy atom. The van der Waals surface area contributed by atoms with E-state index < -0.39 is 0 Å². The number of aryl methyl sites for hydroxylation is 1. The fourth-order valence-corrected chi connectivity index (χ4v) is 3.50. The van der Waals surface area contributed by atoms with Gasteiger partial charge in [-0.2, -0.15) is 0 Å². The Morgan fingerprint density at radius 1 is 1.19 bits per heavy atom. The SMILES string of the molecule is CCN(CC)CCNC(=NC)NCC1CCCOC1c1ccc(C)cc1. The normalized spacial score (nSPS) is 21.0. The molecule has 0 bridgehead atoms. The van der Waals surface area contributed by atoms with Crippen molar-refractivity contribution in [1.29, 1.82) is 0 Å². The maximum Gasteiger partial charge on any atom is 0.191 e. The standard InChI is InChI=1S/C21H36N4O/c1-5-25(6-2)14-13-23-21(22-4)24-16-19-8-7-15-26-20(19)18-11-9-17(3)10-12-18/h9-12,19-20H,5-8,13-16H2,1-4H3,(H2,22,23,24). The van der Waals surface area contributed by atoms with E-state index in [-0.39, 0.29) is 6.10 Å². The number of nitrogens with one attached hydrogen (secondary N) is 2. The van der Waals surface area contributed by atoms with Crippen LogP contribution in [-0.2, 0) is 4.74 Å². The van der Waals surface area contributed by atoms with Crippen molar-refractivity contribution in [2.75, 3.05) is 46.4 Å². The Balaban J connectivity index is 1.85. The molecule has 0 aliphatic carbocycles. The lowest BCUT2D eigenvalue weighted by Gasteiger charge is -2.32. The molecule has 0 spiro atoms. The summed E-state index contributed by atoms with van der Waals surface area (Å²) in [4.78, 5) is 6.77. The second kappa shape index (κ2) is 11.2. The molecule has 1 aromatic rings. The number of hydrogen-bond donors (Lipinski definition) is 2. The maximum atomic E-state index is 6.12. The number of ether oxygens (including phenoxy) is 1. The highest BCUT2D eigenvalue weighted by atomic mass is 16.5. The Bertz CT molecular complexity index is 539. The van der Waals surface area contributed by atoms with Crippen molar-refractivity contribution in [2.24, 2.45) is 10.9 Å². The summed E-state index contributed by atoms with van der Waals surface area (Å²) in [5, 5.41) is 6.93. The second-order valence-corrected chi connectivity index (χ2v) is 7.01. The van der Waals surface area contributed by atoms with Gasteiger partial charge in [-0.1, -0.05) is 43.7 Å². The minimum Gasteiger partial charge on any atom is -0.373 e. The third-order valence-corrected chi connectivity index (χ3v) is 5.22. The molecule has 146 valence electrons. The van der Waals surface area contributed by atoms with Crippen LogP contribution < -0.4 is 10.6 Å². The zero-order valence-electron chi connectivity index (χ0n) is 16.9. The van der Waals surface area contributed by atoms with Crippen LogP contribution in [0.4, 0.5) is 0 Å². The Labute approximate surface area is 159 Å². The second-order valence-electron chi connectivity index (χ2n) is 7.01. The van der Waals surface area contributed by atoms with Gasteiger partial charge in [0.05, 0.1) is 6.10 Å². The molecule has 2 unspecified atom stereocenters. The molecular weight excluding hydrogens is 324 g/mol. The Morgan fingerprint density at radius 3 is 2.58 bits per heavy atom. The van der Waals surface area contributed by atoms with Gasteiger partial charge < -0.3 is 20.3 Å². The fourth-order valence-electron chi connectivity index (χ4n) is 3.50. The van der Waals surface area contributed by atoms with Crippen molar-refractivity contribution in [3.63, 3.8) is 0 Å². The first kappa shape index (κ1) is 20.7. The van der Waals surface area contributed by atoms with Crippen molar-refractivity contribution in [3.8, 4) is 0 Å². The highest BCUT2D eigenvalue weighted by Crippen LogP contribution is 2.33. The van der Waals surface area contributed by atoms with Gasteiger partial charge in [0.2, 0.25) is 0 Å². The third kappa shape index (κ3) is 6.29. The zero-order valence-corrected chi connectivity index (χ0v) is 16.9. The molecule has 1 heterocycles. The summed E-state index contributed by atoms with van der Waals surface area (Å²) in [5.74, 6) is 1.35. The molecule has 1 saturated heterocycles. The number of aliphatic imine (C=N–C) groups is 1. The number of hydrogen-bond acceptors (Lipinski definition) is 3. The summed E-state index contributed by atoms with van der Waals surface area (Å²) in [6.45, 7) is 12.4. The van der Waals surface area contributed by atoms with Crippen LogP contribution in [0.1, 0.15) is 43.9 Å². The molecule has 0 saturated carbocycles. The number of rotatable bonds is 8. The first-order valence-corrected chi connectivity index (χ1v) is 10.0. The van der Waals surface area contributed by atoms with Crippen LogP contribution in [0, 0.1) is 12.8 Å². The average Bonchev–Trinajstić information content (AvgIpc) is 2.68. The summed E-state index contributed by atoms with van der Waals surface area (Å²) in [5.41, 5.74) is 2.57. The van der Waals surface area contributed by atoms with E-state index in [0.717, 1.165) is 51.7 Å². The molecule has 26 heavy (non-hydrogen) atoms. The maximum absolute atomic E-state index is 6.12. The molecule has 0 amide bonds. The monoisotopic (exact) mass is 360 g/mol. The molecule has 0 radical (unpaired) electrons.